The summed E-state index contributed by atoms with van der Waals surface area (Å²) < 4.78 is 0. The Hall–Kier alpha value is -0.0451. The monoisotopic (exact) mass is 235 g/mol. The molecular formula is C13H22BNS. The second-order valence-electron chi connectivity index (χ2n) is 6.27. The number of thiocarbonyl (C=S) groups is 1. The second kappa shape index (κ2) is 4.32. The number of fused-ring (bicyclic) bond motifs is 1. The van der Waals surface area contributed by atoms with Crippen molar-refractivity contribution < 1.29 is 0 Å². The molecule has 1 nitrogen and oxygen atoms in total. The van der Waals surface area contributed by atoms with Gasteiger partial charge in [-0.3, -0.25) is 0 Å². The molecule has 4 atom stereocenters. The van der Waals surface area contributed by atoms with Gasteiger partial charge in [-0.1, -0.05) is 50.6 Å². The molecule has 0 N–H and O–H groups in total. The van der Waals surface area contributed by atoms with Crippen LogP contribution in [-0.4, -0.2) is 30.8 Å². The van der Waals surface area contributed by atoms with Gasteiger partial charge in [-0.15, -0.1) is 0 Å². The number of rotatable bonds is 0. The van der Waals surface area contributed by atoms with Crippen molar-refractivity contribution in [2.75, 3.05) is 7.05 Å². The first-order chi connectivity index (χ1) is 7.39. The van der Waals surface area contributed by atoms with E-state index in [2.05, 4.69) is 25.8 Å². The smallest absolute Gasteiger partial charge is 0.0782 e. The predicted molar refractivity (Wildman–Crippen MR) is 74.0 cm³/mol. The first-order valence-electron chi connectivity index (χ1n) is 6.43. The normalized spacial score (nSPS) is 45.1. The quantitative estimate of drug-likeness (QED) is 0.468. The van der Waals surface area contributed by atoms with Crippen molar-refractivity contribution in [1.29, 1.82) is 0 Å². The maximum Gasteiger partial charge on any atom is 0.0782 e. The van der Waals surface area contributed by atoms with Gasteiger partial charge in [0.25, 0.3) is 0 Å². The minimum atomic E-state index is 0.0123. The average Bonchev–Trinajstić information content (AvgIpc) is 2.41. The Morgan fingerprint density at radius 1 is 1.50 bits per heavy atom. The lowest BCUT2D eigenvalue weighted by Gasteiger charge is -2.37. The Bertz CT molecular complexity index is 290. The van der Waals surface area contributed by atoms with Crippen molar-refractivity contribution in [3.05, 3.63) is 0 Å². The summed E-state index contributed by atoms with van der Waals surface area (Å²) in [5, 5.41) is 0.0123. The van der Waals surface area contributed by atoms with E-state index in [0.717, 1.165) is 30.2 Å². The molecule has 1 aliphatic carbocycles. The summed E-state index contributed by atoms with van der Waals surface area (Å²) in [5.74, 6) is 1.47. The largest absolute Gasteiger partial charge is 0.366 e. The van der Waals surface area contributed by atoms with Gasteiger partial charge in [-0.2, -0.15) is 0 Å². The van der Waals surface area contributed by atoms with Gasteiger partial charge in [0.1, 0.15) is 0 Å². The van der Waals surface area contributed by atoms with E-state index in [9.17, 15) is 0 Å². The molecule has 1 aliphatic heterocycles. The molecule has 2 fully saturated rings. The predicted octanol–water partition coefficient (Wildman–Crippen LogP) is 3.19. The molecule has 0 aromatic rings. The number of hydrogen-bond acceptors (Lipinski definition) is 1. The third-order valence-electron chi connectivity index (χ3n) is 4.45. The van der Waals surface area contributed by atoms with Gasteiger partial charge in [0, 0.05) is 19.5 Å². The summed E-state index contributed by atoms with van der Waals surface area (Å²) >= 11 is 5.44. The van der Waals surface area contributed by atoms with Crippen LogP contribution in [0.2, 0.25) is 5.31 Å². The molecule has 0 bridgehead atoms. The van der Waals surface area contributed by atoms with Crippen LogP contribution in [-0.2, 0) is 0 Å². The van der Waals surface area contributed by atoms with E-state index in [1.54, 1.807) is 0 Å². The summed E-state index contributed by atoms with van der Waals surface area (Å²) in [7, 11) is 8.56. The highest BCUT2D eigenvalue weighted by molar-refractivity contribution is 7.80. The van der Waals surface area contributed by atoms with E-state index in [1.807, 2.05) is 0 Å². The van der Waals surface area contributed by atoms with Crippen LogP contribution in [0, 0.1) is 11.8 Å². The highest BCUT2D eigenvalue weighted by atomic mass is 32.1. The summed E-state index contributed by atoms with van der Waals surface area (Å²) in [6, 6.07) is 0.644. The molecule has 1 heterocycles. The fourth-order valence-corrected chi connectivity index (χ4v) is 3.72. The Morgan fingerprint density at radius 2 is 2.19 bits per heavy atom. The molecule has 1 saturated heterocycles. The van der Waals surface area contributed by atoms with E-state index >= 15 is 0 Å². The van der Waals surface area contributed by atoms with Gasteiger partial charge in [-0.25, -0.2) is 0 Å². The van der Waals surface area contributed by atoms with E-state index in [4.69, 9.17) is 20.1 Å². The SMILES string of the molecule is [B]C1(C)CCC(C)CC2C(CC(=S)N2C)C1. The zero-order valence-electron chi connectivity index (χ0n) is 10.7. The number of hydrogen-bond donors (Lipinski definition) is 0. The van der Waals surface area contributed by atoms with Crippen molar-refractivity contribution in [2.24, 2.45) is 11.8 Å². The third-order valence-corrected chi connectivity index (χ3v) is 4.91. The van der Waals surface area contributed by atoms with Gasteiger partial charge >= 0.3 is 0 Å². The molecule has 0 amide bonds. The van der Waals surface area contributed by atoms with Crippen LogP contribution in [0.15, 0.2) is 0 Å². The third kappa shape index (κ3) is 2.44. The molecule has 1 saturated carbocycles. The molecule has 2 radical (unpaired) electrons. The fraction of sp³-hybridized carbons (Fsp3) is 0.923. The fourth-order valence-electron chi connectivity index (χ4n) is 3.37. The highest BCUT2D eigenvalue weighted by Crippen LogP contribution is 2.45. The highest BCUT2D eigenvalue weighted by Gasteiger charge is 2.40. The van der Waals surface area contributed by atoms with Crippen LogP contribution in [0.25, 0.3) is 0 Å². The van der Waals surface area contributed by atoms with Crippen molar-refractivity contribution in [1.82, 2.24) is 4.90 Å². The summed E-state index contributed by atoms with van der Waals surface area (Å²) in [6.45, 7) is 4.57. The molecule has 4 unspecified atom stereocenters. The topological polar surface area (TPSA) is 3.24 Å². The van der Waals surface area contributed by atoms with Gasteiger partial charge < -0.3 is 4.90 Å². The van der Waals surface area contributed by atoms with Gasteiger partial charge in [0.05, 0.1) is 12.8 Å². The van der Waals surface area contributed by atoms with Crippen molar-refractivity contribution in [3.63, 3.8) is 0 Å². The lowest BCUT2D eigenvalue weighted by molar-refractivity contribution is 0.204. The average molecular weight is 235 g/mol. The lowest BCUT2D eigenvalue weighted by Crippen LogP contribution is -2.35. The molecule has 0 aromatic heterocycles. The van der Waals surface area contributed by atoms with E-state index < -0.39 is 0 Å². The summed E-state index contributed by atoms with van der Waals surface area (Å²) in [4.78, 5) is 3.47. The standard InChI is InChI=1S/C13H22BNS/c1-9-4-5-13(2,14)8-10-7-12(16)15(3)11(10)6-9/h9-11H,4-8H2,1-3H3. The number of nitrogens with zero attached hydrogens (tertiary/aromatic N) is 1. The first-order valence-corrected chi connectivity index (χ1v) is 6.84. The number of likely N-dealkylation sites (tertiary alicyclic amines) is 1. The molecule has 16 heavy (non-hydrogen) atoms. The van der Waals surface area contributed by atoms with Gasteiger partial charge in [-0.05, 0) is 18.3 Å². The Kier molecular flexibility index (Phi) is 3.35. The first kappa shape index (κ1) is 12.4. The zero-order valence-corrected chi connectivity index (χ0v) is 11.5. The maximum atomic E-state index is 6.39. The van der Waals surface area contributed by atoms with Gasteiger partial charge in [0.2, 0.25) is 0 Å². The van der Waals surface area contributed by atoms with E-state index in [-0.39, 0.29) is 5.31 Å². The van der Waals surface area contributed by atoms with E-state index in [0.29, 0.717) is 12.0 Å². The van der Waals surface area contributed by atoms with E-state index in [1.165, 1.54) is 12.8 Å². The van der Waals surface area contributed by atoms with Crippen molar-refractivity contribution in [3.8, 4) is 0 Å². The van der Waals surface area contributed by atoms with Crippen molar-refractivity contribution in [2.45, 2.75) is 57.3 Å². The molecule has 88 valence electrons. The Morgan fingerprint density at radius 3 is 2.88 bits per heavy atom. The molecule has 3 heteroatoms. The molecule has 2 rings (SSSR count). The molecular weight excluding hydrogens is 213 g/mol. The van der Waals surface area contributed by atoms with Crippen LogP contribution in [0.4, 0.5) is 0 Å². The molecule has 2 aliphatic rings. The second-order valence-corrected chi connectivity index (χ2v) is 6.75. The maximum absolute atomic E-state index is 6.39. The van der Waals surface area contributed by atoms with Gasteiger partial charge in [0.15, 0.2) is 0 Å². The van der Waals surface area contributed by atoms with Crippen LogP contribution < -0.4 is 0 Å². The lowest BCUT2D eigenvalue weighted by atomic mass is 9.59. The van der Waals surface area contributed by atoms with Crippen LogP contribution in [0.3, 0.4) is 0 Å². The summed E-state index contributed by atoms with van der Waals surface area (Å²) in [5.41, 5.74) is 0. The van der Waals surface area contributed by atoms with Crippen LogP contribution in [0.5, 0.6) is 0 Å². The van der Waals surface area contributed by atoms with Crippen molar-refractivity contribution >= 4 is 25.1 Å². The van der Waals surface area contributed by atoms with Crippen LogP contribution >= 0.6 is 12.2 Å². The zero-order chi connectivity index (χ0) is 11.9. The Labute approximate surface area is 106 Å². The minimum Gasteiger partial charge on any atom is -0.366 e. The Balaban J connectivity index is 2.17. The van der Waals surface area contributed by atoms with Crippen LogP contribution in [0.1, 0.15) is 46.0 Å². The summed E-state index contributed by atoms with van der Waals surface area (Å²) in [6.07, 6.45) is 5.92. The minimum absolute atomic E-state index is 0.0123. The molecule has 0 spiro atoms. The molecule has 0 aromatic carbocycles.